The molecule has 0 saturated heterocycles. The summed E-state index contributed by atoms with van der Waals surface area (Å²) < 4.78 is 28.3. The molecule has 1 aromatic rings. The smallest absolute Gasteiger partial charge is 0.241 e. The van der Waals surface area contributed by atoms with Gasteiger partial charge in [-0.05, 0) is 24.6 Å². The number of primary sulfonamides is 1. The molecule has 3 N–H and O–H groups in total. The summed E-state index contributed by atoms with van der Waals surface area (Å²) >= 11 is 0. The van der Waals surface area contributed by atoms with Crippen LogP contribution < -0.4 is 15.2 Å². The van der Waals surface area contributed by atoms with Gasteiger partial charge in [-0.2, -0.15) is 0 Å². The van der Waals surface area contributed by atoms with Gasteiger partial charge in [-0.1, -0.05) is 20.8 Å². The molecule has 0 heterocycles. The van der Waals surface area contributed by atoms with Crippen molar-refractivity contribution in [3.63, 3.8) is 0 Å². The molecule has 7 heteroatoms. The number of nitrogens with one attached hydrogen (secondary N) is 1. The highest BCUT2D eigenvalue weighted by molar-refractivity contribution is 7.89. The van der Waals surface area contributed by atoms with Crippen LogP contribution in [0, 0.1) is 12.3 Å². The van der Waals surface area contributed by atoms with Gasteiger partial charge in [-0.15, -0.1) is 0 Å². The monoisotopic (exact) mass is 300 g/mol. The highest BCUT2D eigenvalue weighted by Crippen LogP contribution is 2.34. The van der Waals surface area contributed by atoms with E-state index in [9.17, 15) is 13.2 Å². The Balaban J connectivity index is 3.41. The molecule has 0 spiro atoms. The molecular weight excluding hydrogens is 280 g/mol. The Morgan fingerprint density at radius 3 is 2.25 bits per heavy atom. The molecule has 112 valence electrons. The molecule has 0 radical (unpaired) electrons. The summed E-state index contributed by atoms with van der Waals surface area (Å²) in [5.74, 6) is -0.211. The van der Waals surface area contributed by atoms with Gasteiger partial charge in [0.2, 0.25) is 15.9 Å². The highest BCUT2D eigenvalue weighted by atomic mass is 32.2. The van der Waals surface area contributed by atoms with Gasteiger partial charge in [-0.25, -0.2) is 13.6 Å². The van der Waals surface area contributed by atoms with Gasteiger partial charge < -0.3 is 10.1 Å². The molecule has 1 rings (SSSR count). The summed E-state index contributed by atoms with van der Waals surface area (Å²) in [6.45, 7) is 6.97. The maximum absolute atomic E-state index is 12.0. The molecule has 0 bridgehead atoms. The van der Waals surface area contributed by atoms with Crippen LogP contribution in [0.4, 0.5) is 5.69 Å². The Bertz CT molecular complexity index is 631. The molecule has 0 unspecified atom stereocenters. The summed E-state index contributed by atoms with van der Waals surface area (Å²) in [5.41, 5.74) is 0.326. The molecule has 0 aromatic heterocycles. The second kappa shape index (κ2) is 5.41. The van der Waals surface area contributed by atoms with Crippen LogP contribution in [0.5, 0.6) is 5.75 Å². The minimum atomic E-state index is -3.94. The van der Waals surface area contributed by atoms with Gasteiger partial charge in [0.25, 0.3) is 0 Å². The van der Waals surface area contributed by atoms with Gasteiger partial charge in [-0.3, -0.25) is 4.79 Å². The van der Waals surface area contributed by atoms with Crippen molar-refractivity contribution in [1.29, 1.82) is 0 Å². The third kappa shape index (κ3) is 3.71. The van der Waals surface area contributed by atoms with Crippen LogP contribution in [0.3, 0.4) is 0 Å². The third-order valence-corrected chi connectivity index (χ3v) is 3.56. The normalized spacial score (nSPS) is 12.1. The van der Waals surface area contributed by atoms with E-state index in [4.69, 9.17) is 9.88 Å². The number of carbonyl (C=O) groups excluding carboxylic acids is 1. The van der Waals surface area contributed by atoms with Crippen molar-refractivity contribution in [2.45, 2.75) is 32.6 Å². The van der Waals surface area contributed by atoms with Gasteiger partial charge in [0.05, 0.1) is 12.8 Å². The maximum atomic E-state index is 12.0. The van der Waals surface area contributed by atoms with Gasteiger partial charge in [0.15, 0.2) is 5.75 Å². The summed E-state index contributed by atoms with van der Waals surface area (Å²) in [4.78, 5) is 11.9. The first-order valence-electron chi connectivity index (χ1n) is 5.99. The van der Waals surface area contributed by atoms with Crippen molar-refractivity contribution >= 4 is 21.6 Å². The second-order valence-corrected chi connectivity index (χ2v) is 7.12. The number of aryl methyl sites for hydroxylation is 1. The topological polar surface area (TPSA) is 98.5 Å². The minimum absolute atomic E-state index is 0.0377. The first kappa shape index (κ1) is 16.5. The van der Waals surface area contributed by atoms with E-state index in [1.807, 2.05) is 0 Å². The molecule has 0 fully saturated rings. The SMILES string of the molecule is COc1c(NC(=O)C(C)(C)C)cc(C)cc1S(N)(=O)=O. The lowest BCUT2D eigenvalue weighted by Gasteiger charge is -2.20. The van der Waals surface area contributed by atoms with Crippen molar-refractivity contribution in [2.24, 2.45) is 10.6 Å². The summed E-state index contributed by atoms with van der Waals surface area (Å²) in [6, 6.07) is 3.04. The number of anilines is 1. The number of hydrogen-bond acceptors (Lipinski definition) is 4. The van der Waals surface area contributed by atoms with E-state index >= 15 is 0 Å². The summed E-state index contributed by atoms with van der Waals surface area (Å²) in [7, 11) is -2.61. The number of methoxy groups -OCH3 is 1. The van der Waals surface area contributed by atoms with Gasteiger partial charge in [0, 0.05) is 5.41 Å². The van der Waals surface area contributed by atoms with Crippen molar-refractivity contribution in [3.05, 3.63) is 17.7 Å². The molecule has 6 nitrogen and oxygen atoms in total. The van der Waals surface area contributed by atoms with Crippen LogP contribution >= 0.6 is 0 Å². The zero-order chi connectivity index (χ0) is 15.7. The van der Waals surface area contributed by atoms with Crippen LogP contribution in [-0.2, 0) is 14.8 Å². The van der Waals surface area contributed by atoms with Crippen molar-refractivity contribution < 1.29 is 17.9 Å². The Labute approximate surface area is 119 Å². The average Bonchev–Trinajstić information content (AvgIpc) is 2.25. The summed E-state index contributed by atoms with van der Waals surface area (Å²) in [6.07, 6.45) is 0. The predicted molar refractivity (Wildman–Crippen MR) is 77.2 cm³/mol. The molecule has 0 aliphatic carbocycles. The zero-order valence-electron chi connectivity index (χ0n) is 12.3. The van der Waals surface area contributed by atoms with Crippen molar-refractivity contribution in [3.8, 4) is 5.75 Å². The van der Waals surface area contributed by atoms with Crippen molar-refractivity contribution in [1.82, 2.24) is 0 Å². The van der Waals surface area contributed by atoms with Gasteiger partial charge in [0.1, 0.15) is 4.90 Å². The molecular formula is C13H20N2O4S. The first-order valence-corrected chi connectivity index (χ1v) is 7.54. The quantitative estimate of drug-likeness (QED) is 0.886. The molecule has 0 aliphatic rings. The van der Waals surface area contributed by atoms with E-state index in [0.29, 0.717) is 5.56 Å². The number of rotatable bonds is 3. The van der Waals surface area contributed by atoms with E-state index in [1.165, 1.54) is 13.2 Å². The van der Waals surface area contributed by atoms with Crippen LogP contribution in [-0.4, -0.2) is 21.4 Å². The molecule has 0 aliphatic heterocycles. The molecule has 20 heavy (non-hydrogen) atoms. The maximum Gasteiger partial charge on any atom is 0.241 e. The lowest BCUT2D eigenvalue weighted by Crippen LogP contribution is -2.28. The van der Waals surface area contributed by atoms with Crippen LogP contribution in [0.15, 0.2) is 17.0 Å². The molecule has 1 amide bonds. The standard InChI is InChI=1S/C13H20N2O4S/c1-8-6-9(15-12(16)13(2,3)4)11(19-5)10(7-8)20(14,17)18/h6-7H,1-5H3,(H,15,16)(H2,14,17,18). The molecule has 1 aromatic carbocycles. The lowest BCUT2D eigenvalue weighted by molar-refractivity contribution is -0.123. The number of hydrogen-bond donors (Lipinski definition) is 2. The number of carbonyl (C=O) groups is 1. The third-order valence-electron chi connectivity index (χ3n) is 2.64. The van der Waals surface area contributed by atoms with Crippen molar-refractivity contribution in [2.75, 3.05) is 12.4 Å². The number of nitrogens with two attached hydrogens (primary N) is 1. The fraction of sp³-hybridized carbons (Fsp3) is 0.462. The van der Waals surface area contributed by atoms with E-state index in [1.54, 1.807) is 33.8 Å². The number of ether oxygens (including phenoxy) is 1. The highest BCUT2D eigenvalue weighted by Gasteiger charge is 2.25. The average molecular weight is 300 g/mol. The van der Waals surface area contributed by atoms with E-state index in [0.717, 1.165) is 0 Å². The Hall–Kier alpha value is -1.60. The lowest BCUT2D eigenvalue weighted by atomic mass is 9.95. The minimum Gasteiger partial charge on any atom is -0.493 e. The number of amides is 1. The fourth-order valence-corrected chi connectivity index (χ4v) is 2.37. The van der Waals surface area contributed by atoms with Crippen LogP contribution in [0.1, 0.15) is 26.3 Å². The van der Waals surface area contributed by atoms with E-state index in [2.05, 4.69) is 5.32 Å². The largest absolute Gasteiger partial charge is 0.493 e. The Morgan fingerprint density at radius 1 is 1.30 bits per heavy atom. The Morgan fingerprint density at radius 2 is 1.85 bits per heavy atom. The van der Waals surface area contributed by atoms with E-state index in [-0.39, 0.29) is 22.2 Å². The van der Waals surface area contributed by atoms with Gasteiger partial charge >= 0.3 is 0 Å². The predicted octanol–water partition coefficient (Wildman–Crippen LogP) is 1.64. The number of benzene rings is 1. The summed E-state index contributed by atoms with van der Waals surface area (Å²) in [5, 5.41) is 7.84. The molecule has 0 atom stereocenters. The fourth-order valence-electron chi connectivity index (χ4n) is 1.56. The molecule has 0 saturated carbocycles. The first-order chi connectivity index (χ1) is 8.96. The van der Waals surface area contributed by atoms with Crippen LogP contribution in [0.2, 0.25) is 0 Å². The number of sulfonamides is 1. The zero-order valence-corrected chi connectivity index (χ0v) is 13.1. The second-order valence-electron chi connectivity index (χ2n) is 5.59. The van der Waals surface area contributed by atoms with Crippen LogP contribution in [0.25, 0.3) is 0 Å². The Kier molecular flexibility index (Phi) is 4.45. The van der Waals surface area contributed by atoms with E-state index < -0.39 is 15.4 Å².